The van der Waals surface area contributed by atoms with Crippen LogP contribution in [0.1, 0.15) is 30.1 Å². The summed E-state index contributed by atoms with van der Waals surface area (Å²) in [5, 5.41) is 0. The Bertz CT molecular complexity index is 522. The van der Waals surface area contributed by atoms with Gasteiger partial charge >= 0.3 is 6.36 Å². The summed E-state index contributed by atoms with van der Waals surface area (Å²) in [6, 6.07) is 4.95. The standard InChI is InChI=1S/C15H19F3N2O2.ClH/c1-10-6-7-20(12(8-10)9-19)14(21)11-2-4-13(5-3-11)22-15(16,17)18;/h2-5,10,12H,6-9,19H2,1H3;1H. The molecule has 1 aliphatic heterocycles. The van der Waals surface area contributed by atoms with Crippen molar-refractivity contribution in [3.8, 4) is 5.75 Å². The fraction of sp³-hybridized carbons (Fsp3) is 0.533. The van der Waals surface area contributed by atoms with Gasteiger partial charge in [0.1, 0.15) is 5.75 Å². The molecule has 1 aromatic carbocycles. The van der Waals surface area contributed by atoms with Gasteiger partial charge in [-0.05, 0) is 43.0 Å². The number of hydrogen-bond donors (Lipinski definition) is 1. The van der Waals surface area contributed by atoms with Crippen LogP contribution in [0.5, 0.6) is 5.75 Å². The minimum atomic E-state index is -4.74. The van der Waals surface area contributed by atoms with Crippen LogP contribution in [0.4, 0.5) is 13.2 Å². The molecule has 0 saturated carbocycles. The highest BCUT2D eigenvalue weighted by Gasteiger charge is 2.32. The topological polar surface area (TPSA) is 55.6 Å². The monoisotopic (exact) mass is 352 g/mol. The molecule has 1 amide bonds. The van der Waals surface area contributed by atoms with Gasteiger partial charge in [0.05, 0.1) is 0 Å². The van der Waals surface area contributed by atoms with Crippen LogP contribution in [-0.2, 0) is 0 Å². The Labute approximate surface area is 139 Å². The zero-order chi connectivity index (χ0) is 16.3. The zero-order valence-corrected chi connectivity index (χ0v) is 13.5. The molecule has 1 saturated heterocycles. The van der Waals surface area contributed by atoms with Crippen LogP contribution in [-0.4, -0.2) is 36.3 Å². The first-order chi connectivity index (χ1) is 10.3. The van der Waals surface area contributed by atoms with E-state index in [1.54, 1.807) is 4.90 Å². The largest absolute Gasteiger partial charge is 0.573 e. The molecule has 2 unspecified atom stereocenters. The molecule has 1 aliphatic rings. The molecule has 1 heterocycles. The molecular formula is C15H20ClF3N2O2. The average molecular weight is 353 g/mol. The molecule has 0 aliphatic carbocycles. The molecule has 0 radical (unpaired) electrons. The number of hydrogen-bond acceptors (Lipinski definition) is 3. The summed E-state index contributed by atoms with van der Waals surface area (Å²) in [6.45, 7) is 3.11. The average Bonchev–Trinajstić information content (AvgIpc) is 2.45. The molecule has 1 fully saturated rings. The number of benzene rings is 1. The van der Waals surface area contributed by atoms with E-state index in [1.165, 1.54) is 12.1 Å². The number of nitrogens with zero attached hydrogens (tertiary/aromatic N) is 1. The lowest BCUT2D eigenvalue weighted by atomic mass is 9.92. The van der Waals surface area contributed by atoms with Crippen molar-refractivity contribution in [3.63, 3.8) is 0 Å². The van der Waals surface area contributed by atoms with E-state index >= 15 is 0 Å². The van der Waals surface area contributed by atoms with Crippen molar-refractivity contribution in [2.75, 3.05) is 13.1 Å². The fourth-order valence-electron chi connectivity index (χ4n) is 2.71. The lowest BCUT2D eigenvalue weighted by Crippen LogP contribution is -2.49. The zero-order valence-electron chi connectivity index (χ0n) is 12.7. The number of amides is 1. The maximum absolute atomic E-state index is 12.5. The smallest absolute Gasteiger partial charge is 0.406 e. The number of nitrogens with two attached hydrogens (primary N) is 1. The summed E-state index contributed by atoms with van der Waals surface area (Å²) >= 11 is 0. The van der Waals surface area contributed by atoms with Crippen LogP contribution >= 0.6 is 12.4 Å². The van der Waals surface area contributed by atoms with Gasteiger partial charge in [-0.2, -0.15) is 0 Å². The van der Waals surface area contributed by atoms with Crippen LogP contribution in [0, 0.1) is 5.92 Å². The van der Waals surface area contributed by atoms with Crippen LogP contribution in [0.25, 0.3) is 0 Å². The van der Waals surface area contributed by atoms with Crippen molar-refractivity contribution >= 4 is 18.3 Å². The molecule has 2 rings (SSSR count). The molecule has 1 aromatic rings. The second kappa shape index (κ2) is 7.88. The summed E-state index contributed by atoms with van der Waals surface area (Å²) in [7, 11) is 0. The second-order valence-electron chi connectivity index (χ2n) is 5.59. The van der Waals surface area contributed by atoms with Crippen molar-refractivity contribution in [2.45, 2.75) is 32.2 Å². The third kappa shape index (κ3) is 5.28. The van der Waals surface area contributed by atoms with E-state index in [-0.39, 0.29) is 30.1 Å². The first-order valence-electron chi connectivity index (χ1n) is 7.17. The van der Waals surface area contributed by atoms with E-state index in [0.717, 1.165) is 25.0 Å². The quantitative estimate of drug-likeness (QED) is 0.908. The highest BCUT2D eigenvalue weighted by molar-refractivity contribution is 5.94. The van der Waals surface area contributed by atoms with Crippen LogP contribution in [0.15, 0.2) is 24.3 Å². The second-order valence-corrected chi connectivity index (χ2v) is 5.59. The third-order valence-corrected chi connectivity index (χ3v) is 3.85. The van der Waals surface area contributed by atoms with Crippen molar-refractivity contribution < 1.29 is 22.7 Å². The van der Waals surface area contributed by atoms with Crippen molar-refractivity contribution in [1.29, 1.82) is 0 Å². The summed E-state index contributed by atoms with van der Waals surface area (Å²) in [4.78, 5) is 14.2. The number of halogens is 4. The van der Waals surface area contributed by atoms with E-state index in [2.05, 4.69) is 11.7 Å². The molecule has 8 heteroatoms. The van der Waals surface area contributed by atoms with Gasteiger partial charge in [0.2, 0.25) is 0 Å². The lowest BCUT2D eigenvalue weighted by molar-refractivity contribution is -0.274. The van der Waals surface area contributed by atoms with Gasteiger partial charge in [0.25, 0.3) is 5.91 Å². The van der Waals surface area contributed by atoms with Gasteiger partial charge in [-0.25, -0.2) is 0 Å². The fourth-order valence-corrected chi connectivity index (χ4v) is 2.71. The van der Waals surface area contributed by atoms with E-state index in [0.29, 0.717) is 24.6 Å². The molecular weight excluding hydrogens is 333 g/mol. The molecule has 0 spiro atoms. The number of alkyl halides is 3. The van der Waals surface area contributed by atoms with E-state index in [4.69, 9.17) is 5.73 Å². The SMILES string of the molecule is CC1CCN(C(=O)c2ccc(OC(F)(F)F)cc2)C(CN)C1.Cl. The van der Waals surface area contributed by atoms with E-state index < -0.39 is 6.36 Å². The van der Waals surface area contributed by atoms with E-state index in [1.807, 2.05) is 0 Å². The van der Waals surface area contributed by atoms with Crippen molar-refractivity contribution in [2.24, 2.45) is 11.7 Å². The van der Waals surface area contributed by atoms with Gasteiger partial charge in [0, 0.05) is 24.7 Å². The Morgan fingerprint density at radius 2 is 1.96 bits per heavy atom. The molecule has 4 nitrogen and oxygen atoms in total. The number of rotatable bonds is 3. The first-order valence-corrected chi connectivity index (χ1v) is 7.17. The minimum absolute atomic E-state index is 0. The molecule has 2 N–H and O–H groups in total. The van der Waals surface area contributed by atoms with Gasteiger partial charge in [-0.1, -0.05) is 6.92 Å². The van der Waals surface area contributed by atoms with Crippen molar-refractivity contribution in [3.05, 3.63) is 29.8 Å². The summed E-state index contributed by atoms with van der Waals surface area (Å²) in [6.07, 6.45) is -2.99. The Balaban J connectivity index is 0.00000264. The number of piperidine rings is 1. The Kier molecular flexibility index (Phi) is 6.70. The predicted molar refractivity (Wildman–Crippen MR) is 82.6 cm³/mol. The Hall–Kier alpha value is -1.47. The molecule has 0 aromatic heterocycles. The Morgan fingerprint density at radius 1 is 1.35 bits per heavy atom. The maximum atomic E-state index is 12.5. The Morgan fingerprint density at radius 3 is 2.48 bits per heavy atom. The molecule has 23 heavy (non-hydrogen) atoms. The third-order valence-electron chi connectivity index (χ3n) is 3.85. The number of ether oxygens (including phenoxy) is 1. The van der Waals surface area contributed by atoms with Crippen LogP contribution < -0.4 is 10.5 Å². The normalized spacial score (nSPS) is 21.5. The summed E-state index contributed by atoms with van der Waals surface area (Å²) < 4.78 is 40.1. The van der Waals surface area contributed by atoms with E-state index in [9.17, 15) is 18.0 Å². The minimum Gasteiger partial charge on any atom is -0.406 e. The molecule has 0 bridgehead atoms. The molecule has 130 valence electrons. The first kappa shape index (κ1) is 19.6. The van der Waals surface area contributed by atoms with Gasteiger partial charge < -0.3 is 15.4 Å². The summed E-state index contributed by atoms with van der Waals surface area (Å²) in [5.41, 5.74) is 6.06. The van der Waals surface area contributed by atoms with Gasteiger partial charge in [-0.3, -0.25) is 4.79 Å². The highest BCUT2D eigenvalue weighted by atomic mass is 35.5. The van der Waals surface area contributed by atoms with Crippen LogP contribution in [0.3, 0.4) is 0 Å². The highest BCUT2D eigenvalue weighted by Crippen LogP contribution is 2.26. The van der Waals surface area contributed by atoms with Gasteiger partial charge in [-0.15, -0.1) is 25.6 Å². The summed E-state index contributed by atoms with van der Waals surface area (Å²) in [5.74, 6) is -0.0345. The molecule has 2 atom stereocenters. The number of carbonyl (C=O) groups excluding carboxylic acids is 1. The number of likely N-dealkylation sites (tertiary alicyclic amines) is 1. The maximum Gasteiger partial charge on any atom is 0.573 e. The van der Waals surface area contributed by atoms with Crippen molar-refractivity contribution in [1.82, 2.24) is 4.90 Å². The predicted octanol–water partition coefficient (Wildman–Crippen LogP) is 3.21. The lowest BCUT2D eigenvalue weighted by Gasteiger charge is -2.38. The van der Waals surface area contributed by atoms with Crippen LogP contribution in [0.2, 0.25) is 0 Å². The number of carbonyl (C=O) groups is 1. The van der Waals surface area contributed by atoms with Gasteiger partial charge in [0.15, 0.2) is 0 Å².